The number of rotatable bonds is 6. The van der Waals surface area contributed by atoms with Gasteiger partial charge in [0, 0.05) is 10.1 Å². The van der Waals surface area contributed by atoms with Crippen molar-refractivity contribution in [2.75, 3.05) is 11.0 Å². The van der Waals surface area contributed by atoms with Gasteiger partial charge in [-0.3, -0.25) is 4.79 Å². The van der Waals surface area contributed by atoms with Gasteiger partial charge >= 0.3 is 0 Å². The zero-order chi connectivity index (χ0) is 11.8. The zero-order valence-corrected chi connectivity index (χ0v) is 13.3. The maximum Gasteiger partial charge on any atom is 0.252 e. The molecule has 1 amide bonds. The van der Waals surface area contributed by atoms with E-state index in [-0.39, 0.29) is 5.91 Å². The number of hydrogen-bond donors (Lipinski definition) is 1. The molecule has 0 radical (unpaired) electrons. The predicted octanol–water partition coefficient (Wildman–Crippen LogP) is 3.63. The molecule has 0 atom stereocenters. The average Bonchev–Trinajstić information content (AvgIpc) is 2.29. The zero-order valence-electron chi connectivity index (χ0n) is 9.01. The second kappa shape index (κ2) is 8.27. The van der Waals surface area contributed by atoms with Crippen molar-refractivity contribution in [2.24, 2.45) is 0 Å². The highest BCUT2D eigenvalue weighted by atomic mass is 127. The van der Waals surface area contributed by atoms with E-state index in [1.807, 2.05) is 24.3 Å². The van der Waals surface area contributed by atoms with Crippen molar-refractivity contribution in [3.8, 4) is 0 Å². The Hall–Kier alpha value is 0.150. The minimum absolute atomic E-state index is 0.0412. The maximum atomic E-state index is 11.8. The van der Waals surface area contributed by atoms with E-state index >= 15 is 0 Å². The molecule has 4 heteroatoms. The van der Waals surface area contributed by atoms with E-state index in [1.54, 1.807) is 0 Å². The van der Waals surface area contributed by atoms with Gasteiger partial charge in [-0.1, -0.05) is 41.1 Å². The predicted molar refractivity (Wildman–Crippen MR) is 84.2 cm³/mol. The monoisotopic (exact) mass is 443 g/mol. The van der Waals surface area contributed by atoms with Crippen molar-refractivity contribution < 1.29 is 4.79 Å². The molecule has 1 rings (SSSR count). The van der Waals surface area contributed by atoms with E-state index in [1.165, 1.54) is 17.3 Å². The molecule has 0 unspecified atom stereocenters. The Balaban J connectivity index is 2.33. The van der Waals surface area contributed by atoms with Crippen molar-refractivity contribution in [2.45, 2.75) is 19.3 Å². The smallest absolute Gasteiger partial charge is 0.252 e. The van der Waals surface area contributed by atoms with Crippen LogP contribution in [0.4, 0.5) is 0 Å². The van der Waals surface area contributed by atoms with Crippen molar-refractivity contribution in [1.82, 2.24) is 5.32 Å². The lowest BCUT2D eigenvalue weighted by Crippen LogP contribution is -2.25. The van der Waals surface area contributed by atoms with Gasteiger partial charge in [0.2, 0.25) is 0 Å². The van der Waals surface area contributed by atoms with Gasteiger partial charge in [-0.2, -0.15) is 0 Å². The van der Waals surface area contributed by atoms with Crippen LogP contribution < -0.4 is 5.32 Å². The van der Waals surface area contributed by atoms with Crippen LogP contribution in [0.1, 0.15) is 29.6 Å². The number of benzene rings is 1. The van der Waals surface area contributed by atoms with E-state index in [2.05, 4.69) is 50.5 Å². The summed E-state index contributed by atoms with van der Waals surface area (Å²) in [6, 6.07) is 7.65. The molecule has 16 heavy (non-hydrogen) atoms. The van der Waals surface area contributed by atoms with E-state index in [0.717, 1.165) is 22.1 Å². The van der Waals surface area contributed by atoms with Gasteiger partial charge in [-0.15, -0.1) is 0 Å². The lowest BCUT2D eigenvalue weighted by Gasteiger charge is -2.06. The molecular weight excluding hydrogens is 428 g/mol. The molecular formula is C12H15I2NO. The third-order valence-corrected chi connectivity index (χ3v) is 3.92. The third-order valence-electron chi connectivity index (χ3n) is 2.21. The summed E-state index contributed by atoms with van der Waals surface area (Å²) in [6.45, 7) is 0.778. The summed E-state index contributed by atoms with van der Waals surface area (Å²) < 4.78 is 2.20. The number of halogens is 2. The second-order valence-electron chi connectivity index (χ2n) is 3.49. The van der Waals surface area contributed by atoms with Crippen LogP contribution in [0.2, 0.25) is 0 Å². The lowest BCUT2D eigenvalue weighted by molar-refractivity contribution is 0.0952. The summed E-state index contributed by atoms with van der Waals surface area (Å²) in [6.07, 6.45) is 3.49. The van der Waals surface area contributed by atoms with Crippen LogP contribution >= 0.6 is 45.2 Å². The lowest BCUT2D eigenvalue weighted by atomic mass is 10.2. The molecule has 1 aromatic rings. The fourth-order valence-corrected chi connectivity index (χ4v) is 2.51. The van der Waals surface area contributed by atoms with Crippen LogP contribution in [0.5, 0.6) is 0 Å². The molecule has 0 saturated heterocycles. The number of carbonyl (C=O) groups is 1. The molecule has 88 valence electrons. The van der Waals surface area contributed by atoms with Gasteiger partial charge in [0.15, 0.2) is 0 Å². The first kappa shape index (κ1) is 14.2. The van der Waals surface area contributed by atoms with Gasteiger partial charge in [0.05, 0.1) is 5.56 Å². The third kappa shape index (κ3) is 4.99. The fraction of sp³-hybridized carbons (Fsp3) is 0.417. The quantitative estimate of drug-likeness (QED) is 0.407. The fourth-order valence-electron chi connectivity index (χ4n) is 1.34. The Morgan fingerprint density at radius 1 is 1.19 bits per heavy atom. The first-order valence-electron chi connectivity index (χ1n) is 5.34. The van der Waals surface area contributed by atoms with Gasteiger partial charge in [0.25, 0.3) is 5.91 Å². The van der Waals surface area contributed by atoms with Crippen molar-refractivity contribution in [3.63, 3.8) is 0 Å². The Bertz CT molecular complexity index is 342. The van der Waals surface area contributed by atoms with E-state index in [0.29, 0.717) is 0 Å². The molecule has 0 aliphatic heterocycles. The number of nitrogens with one attached hydrogen (secondary N) is 1. The second-order valence-corrected chi connectivity index (χ2v) is 5.73. The molecule has 0 bridgehead atoms. The summed E-state index contributed by atoms with van der Waals surface area (Å²) in [5.74, 6) is 0.0412. The van der Waals surface area contributed by atoms with Crippen molar-refractivity contribution >= 4 is 51.1 Å². The Morgan fingerprint density at radius 2 is 1.94 bits per heavy atom. The van der Waals surface area contributed by atoms with E-state index < -0.39 is 0 Å². The first-order chi connectivity index (χ1) is 7.75. The van der Waals surface area contributed by atoms with Crippen LogP contribution in [-0.2, 0) is 0 Å². The van der Waals surface area contributed by atoms with Crippen LogP contribution in [-0.4, -0.2) is 16.9 Å². The Labute approximate surface area is 124 Å². The number of alkyl halides is 1. The SMILES string of the molecule is O=C(NCCCCCI)c1ccccc1I. The molecule has 1 N–H and O–H groups in total. The van der Waals surface area contributed by atoms with Crippen molar-refractivity contribution in [1.29, 1.82) is 0 Å². The minimum atomic E-state index is 0.0412. The summed E-state index contributed by atoms with van der Waals surface area (Å²) >= 11 is 4.57. The number of hydrogen-bond acceptors (Lipinski definition) is 1. The van der Waals surface area contributed by atoms with Crippen LogP contribution in [0, 0.1) is 3.57 Å². The van der Waals surface area contributed by atoms with Crippen LogP contribution in [0.25, 0.3) is 0 Å². The van der Waals surface area contributed by atoms with Gasteiger partial charge in [-0.05, 0) is 52.0 Å². The molecule has 0 fully saturated rings. The van der Waals surface area contributed by atoms with Crippen LogP contribution in [0.3, 0.4) is 0 Å². The average molecular weight is 443 g/mol. The van der Waals surface area contributed by atoms with Gasteiger partial charge < -0.3 is 5.32 Å². The summed E-state index contributed by atoms with van der Waals surface area (Å²) in [5.41, 5.74) is 0.775. The molecule has 0 heterocycles. The highest BCUT2D eigenvalue weighted by Gasteiger charge is 2.07. The molecule has 0 aliphatic rings. The minimum Gasteiger partial charge on any atom is -0.352 e. The van der Waals surface area contributed by atoms with Crippen LogP contribution in [0.15, 0.2) is 24.3 Å². The molecule has 0 saturated carbocycles. The standard InChI is InChI=1S/C12H15I2NO/c13-8-4-1-5-9-15-12(16)10-6-2-3-7-11(10)14/h2-3,6-7H,1,4-5,8-9H2,(H,15,16). The highest BCUT2D eigenvalue weighted by molar-refractivity contribution is 14.1. The molecule has 0 spiro atoms. The number of unbranched alkanes of at least 4 members (excludes halogenated alkanes) is 2. The summed E-state index contributed by atoms with van der Waals surface area (Å²) in [4.78, 5) is 11.8. The largest absolute Gasteiger partial charge is 0.352 e. The first-order valence-corrected chi connectivity index (χ1v) is 7.95. The number of amides is 1. The highest BCUT2D eigenvalue weighted by Crippen LogP contribution is 2.11. The Kier molecular flexibility index (Phi) is 7.35. The molecule has 1 aromatic carbocycles. The Morgan fingerprint density at radius 3 is 2.62 bits per heavy atom. The normalized spacial score (nSPS) is 10.1. The van der Waals surface area contributed by atoms with E-state index in [9.17, 15) is 4.79 Å². The molecule has 0 aromatic heterocycles. The topological polar surface area (TPSA) is 29.1 Å². The van der Waals surface area contributed by atoms with Gasteiger partial charge in [0.1, 0.15) is 0 Å². The van der Waals surface area contributed by atoms with E-state index in [4.69, 9.17) is 0 Å². The maximum absolute atomic E-state index is 11.8. The van der Waals surface area contributed by atoms with Crippen molar-refractivity contribution in [3.05, 3.63) is 33.4 Å². The number of carbonyl (C=O) groups excluding carboxylic acids is 1. The van der Waals surface area contributed by atoms with Gasteiger partial charge in [-0.25, -0.2) is 0 Å². The summed E-state index contributed by atoms with van der Waals surface area (Å²) in [7, 11) is 0. The molecule has 2 nitrogen and oxygen atoms in total. The summed E-state index contributed by atoms with van der Waals surface area (Å²) in [5, 5.41) is 2.95. The molecule has 0 aliphatic carbocycles.